The minimum atomic E-state index is -0.277. The Labute approximate surface area is 168 Å². The SMILES string of the molecule is COc1ccc(CCCNC(=O)NCc2nc(-c3ccc(Cl)cc3)no2)cc1. The van der Waals surface area contributed by atoms with Crippen LogP contribution in [-0.4, -0.2) is 29.8 Å². The molecule has 0 saturated carbocycles. The Morgan fingerprint density at radius 3 is 2.57 bits per heavy atom. The molecular formula is C20H21ClN4O3. The van der Waals surface area contributed by atoms with E-state index >= 15 is 0 Å². The lowest BCUT2D eigenvalue weighted by atomic mass is 10.1. The number of carbonyl (C=O) groups excluding carboxylic acids is 1. The first-order valence-corrected chi connectivity index (χ1v) is 9.25. The van der Waals surface area contributed by atoms with Gasteiger partial charge in [-0.25, -0.2) is 4.79 Å². The average Bonchev–Trinajstić information content (AvgIpc) is 3.20. The fourth-order valence-corrected chi connectivity index (χ4v) is 2.67. The summed E-state index contributed by atoms with van der Waals surface area (Å²) in [5.41, 5.74) is 1.99. The molecule has 0 aliphatic heterocycles. The topological polar surface area (TPSA) is 89.3 Å². The maximum absolute atomic E-state index is 11.9. The van der Waals surface area contributed by atoms with Gasteiger partial charge in [-0.1, -0.05) is 28.9 Å². The number of nitrogens with one attached hydrogen (secondary N) is 2. The van der Waals surface area contributed by atoms with Crippen LogP contribution in [0.3, 0.4) is 0 Å². The molecule has 2 N–H and O–H groups in total. The van der Waals surface area contributed by atoms with Gasteiger partial charge in [-0.2, -0.15) is 4.98 Å². The Bertz CT molecular complexity index is 895. The van der Waals surface area contributed by atoms with Crippen molar-refractivity contribution in [3.63, 3.8) is 0 Å². The molecule has 0 spiro atoms. The molecule has 2 aromatic carbocycles. The smallest absolute Gasteiger partial charge is 0.315 e. The zero-order valence-corrected chi connectivity index (χ0v) is 16.2. The summed E-state index contributed by atoms with van der Waals surface area (Å²) in [5.74, 6) is 1.62. The minimum absolute atomic E-state index is 0.158. The first-order valence-electron chi connectivity index (χ1n) is 8.87. The summed E-state index contributed by atoms with van der Waals surface area (Å²) in [5, 5.41) is 10.1. The number of carbonyl (C=O) groups is 1. The molecule has 0 aliphatic rings. The van der Waals surface area contributed by atoms with Gasteiger partial charge in [0.1, 0.15) is 5.75 Å². The third kappa shape index (κ3) is 5.72. The molecule has 0 unspecified atom stereocenters. The van der Waals surface area contributed by atoms with Crippen molar-refractivity contribution in [1.82, 2.24) is 20.8 Å². The highest BCUT2D eigenvalue weighted by Gasteiger charge is 2.09. The van der Waals surface area contributed by atoms with Gasteiger partial charge < -0.3 is 19.9 Å². The number of aromatic nitrogens is 2. The molecule has 0 saturated heterocycles. The van der Waals surface area contributed by atoms with Gasteiger partial charge in [0.25, 0.3) is 0 Å². The number of nitrogens with zero attached hydrogens (tertiary/aromatic N) is 2. The number of amides is 2. The van der Waals surface area contributed by atoms with Crippen LogP contribution in [0.15, 0.2) is 53.1 Å². The molecule has 2 amide bonds. The van der Waals surface area contributed by atoms with Crippen molar-refractivity contribution in [2.24, 2.45) is 0 Å². The largest absolute Gasteiger partial charge is 0.497 e. The van der Waals surface area contributed by atoms with E-state index in [1.165, 1.54) is 5.56 Å². The molecule has 0 atom stereocenters. The van der Waals surface area contributed by atoms with Gasteiger partial charge in [-0.05, 0) is 54.8 Å². The standard InChI is InChI=1S/C20H21ClN4O3/c1-27-17-10-4-14(5-11-17)3-2-12-22-20(26)23-13-18-24-19(25-28-18)15-6-8-16(21)9-7-15/h4-11H,2-3,12-13H2,1H3,(H2,22,23,26). The van der Waals surface area contributed by atoms with Gasteiger partial charge in [0, 0.05) is 17.1 Å². The number of urea groups is 1. The van der Waals surface area contributed by atoms with E-state index in [1.807, 2.05) is 24.3 Å². The number of aryl methyl sites for hydroxylation is 1. The van der Waals surface area contributed by atoms with Gasteiger partial charge in [0.2, 0.25) is 11.7 Å². The second-order valence-corrected chi connectivity index (χ2v) is 6.52. The zero-order valence-electron chi connectivity index (χ0n) is 15.4. The van der Waals surface area contributed by atoms with E-state index in [0.29, 0.717) is 23.3 Å². The Morgan fingerprint density at radius 1 is 1.11 bits per heavy atom. The summed E-state index contributed by atoms with van der Waals surface area (Å²) in [6.45, 7) is 0.725. The van der Waals surface area contributed by atoms with Crippen LogP contribution in [0.5, 0.6) is 5.75 Å². The average molecular weight is 401 g/mol. The number of hydrogen-bond acceptors (Lipinski definition) is 5. The monoisotopic (exact) mass is 400 g/mol. The number of ether oxygens (including phenoxy) is 1. The highest BCUT2D eigenvalue weighted by molar-refractivity contribution is 6.30. The van der Waals surface area contributed by atoms with Gasteiger partial charge >= 0.3 is 6.03 Å². The molecule has 0 radical (unpaired) electrons. The quantitative estimate of drug-likeness (QED) is 0.561. The highest BCUT2D eigenvalue weighted by atomic mass is 35.5. The summed E-state index contributed by atoms with van der Waals surface area (Å²) >= 11 is 5.86. The van der Waals surface area contributed by atoms with Crippen molar-refractivity contribution in [2.45, 2.75) is 19.4 Å². The lowest BCUT2D eigenvalue weighted by molar-refractivity contribution is 0.238. The fraction of sp³-hybridized carbons (Fsp3) is 0.250. The lowest BCUT2D eigenvalue weighted by Crippen LogP contribution is -2.35. The Morgan fingerprint density at radius 2 is 1.86 bits per heavy atom. The van der Waals surface area contributed by atoms with Crippen LogP contribution in [-0.2, 0) is 13.0 Å². The molecule has 28 heavy (non-hydrogen) atoms. The van der Waals surface area contributed by atoms with Crippen molar-refractivity contribution in [2.75, 3.05) is 13.7 Å². The number of methoxy groups -OCH3 is 1. The Hall–Kier alpha value is -3.06. The van der Waals surface area contributed by atoms with Crippen LogP contribution < -0.4 is 15.4 Å². The summed E-state index contributed by atoms with van der Waals surface area (Å²) < 4.78 is 10.3. The number of benzene rings is 2. The summed E-state index contributed by atoms with van der Waals surface area (Å²) in [6, 6.07) is 14.7. The van der Waals surface area contributed by atoms with Crippen molar-refractivity contribution < 1.29 is 14.1 Å². The van der Waals surface area contributed by atoms with E-state index in [2.05, 4.69) is 20.8 Å². The lowest BCUT2D eigenvalue weighted by Gasteiger charge is -2.06. The Balaban J connectivity index is 1.36. The predicted molar refractivity (Wildman–Crippen MR) is 106 cm³/mol. The third-order valence-electron chi connectivity index (χ3n) is 4.06. The number of halogens is 1. The van der Waals surface area contributed by atoms with Crippen LogP contribution in [0.25, 0.3) is 11.4 Å². The molecule has 3 aromatic rings. The van der Waals surface area contributed by atoms with Gasteiger partial charge in [0.15, 0.2) is 0 Å². The molecule has 1 heterocycles. The van der Waals surface area contributed by atoms with Gasteiger partial charge in [-0.15, -0.1) is 0 Å². The number of hydrogen-bond donors (Lipinski definition) is 2. The summed E-state index contributed by atoms with van der Waals surface area (Å²) in [6.07, 6.45) is 1.71. The Kier molecular flexibility index (Phi) is 6.86. The molecule has 146 valence electrons. The molecule has 0 aliphatic carbocycles. The molecule has 8 heteroatoms. The zero-order chi connectivity index (χ0) is 19.8. The molecular weight excluding hydrogens is 380 g/mol. The van der Waals surface area contributed by atoms with E-state index in [-0.39, 0.29) is 12.6 Å². The van der Waals surface area contributed by atoms with E-state index < -0.39 is 0 Å². The molecule has 0 bridgehead atoms. The summed E-state index contributed by atoms with van der Waals surface area (Å²) in [4.78, 5) is 16.1. The first-order chi connectivity index (χ1) is 13.6. The molecule has 1 aromatic heterocycles. The second-order valence-electron chi connectivity index (χ2n) is 6.08. The van der Waals surface area contributed by atoms with Crippen molar-refractivity contribution in [3.05, 3.63) is 65.0 Å². The van der Waals surface area contributed by atoms with Crippen molar-refractivity contribution in [1.29, 1.82) is 0 Å². The third-order valence-corrected chi connectivity index (χ3v) is 4.31. The highest BCUT2D eigenvalue weighted by Crippen LogP contribution is 2.18. The van der Waals surface area contributed by atoms with Crippen LogP contribution >= 0.6 is 11.6 Å². The molecule has 7 nitrogen and oxygen atoms in total. The van der Waals surface area contributed by atoms with Gasteiger partial charge in [0.05, 0.1) is 13.7 Å². The van der Waals surface area contributed by atoms with E-state index in [1.54, 1.807) is 31.4 Å². The van der Waals surface area contributed by atoms with Crippen LogP contribution in [0.1, 0.15) is 17.9 Å². The summed E-state index contributed by atoms with van der Waals surface area (Å²) in [7, 11) is 1.64. The maximum Gasteiger partial charge on any atom is 0.315 e. The minimum Gasteiger partial charge on any atom is -0.497 e. The maximum atomic E-state index is 11.9. The number of rotatable bonds is 8. The van der Waals surface area contributed by atoms with Crippen molar-refractivity contribution >= 4 is 17.6 Å². The molecule has 0 fully saturated rings. The van der Waals surface area contributed by atoms with Crippen LogP contribution in [0, 0.1) is 0 Å². The van der Waals surface area contributed by atoms with Crippen LogP contribution in [0.2, 0.25) is 5.02 Å². The normalized spacial score (nSPS) is 10.5. The second kappa shape index (κ2) is 9.75. The molecule has 3 rings (SSSR count). The first kappa shape index (κ1) is 19.7. The van der Waals surface area contributed by atoms with Crippen molar-refractivity contribution in [3.8, 4) is 17.1 Å². The van der Waals surface area contributed by atoms with Gasteiger partial charge in [-0.3, -0.25) is 0 Å². The fourth-order valence-electron chi connectivity index (χ4n) is 2.55. The predicted octanol–water partition coefficient (Wildman–Crippen LogP) is 3.83. The van der Waals surface area contributed by atoms with E-state index in [0.717, 1.165) is 24.2 Å². The van der Waals surface area contributed by atoms with Crippen LogP contribution in [0.4, 0.5) is 4.79 Å². The van der Waals surface area contributed by atoms with E-state index in [9.17, 15) is 4.79 Å². The van der Waals surface area contributed by atoms with E-state index in [4.69, 9.17) is 20.9 Å².